The van der Waals surface area contributed by atoms with Gasteiger partial charge in [0.15, 0.2) is 11.5 Å². The lowest BCUT2D eigenvalue weighted by Crippen LogP contribution is -2.29. The van der Waals surface area contributed by atoms with Crippen molar-refractivity contribution in [3.63, 3.8) is 0 Å². The van der Waals surface area contributed by atoms with Crippen LogP contribution in [0.4, 0.5) is 5.69 Å². The molecule has 0 fully saturated rings. The van der Waals surface area contributed by atoms with Gasteiger partial charge in [0.1, 0.15) is 0 Å². The third-order valence-electron chi connectivity index (χ3n) is 4.59. The van der Waals surface area contributed by atoms with E-state index < -0.39 is 0 Å². The predicted octanol–water partition coefficient (Wildman–Crippen LogP) is 4.44. The number of carbonyl (C=O) groups excluding carboxylic acids is 1. The first-order valence-corrected chi connectivity index (χ1v) is 9.44. The Kier molecular flexibility index (Phi) is 6.87. The molecule has 0 saturated carbocycles. The molecular weight excluding hydrogens is 364 g/mol. The van der Waals surface area contributed by atoms with E-state index in [0.29, 0.717) is 18.0 Å². The van der Waals surface area contributed by atoms with E-state index in [2.05, 4.69) is 17.4 Å². The number of rotatable bonds is 8. The Bertz CT molecular complexity index is 940. The van der Waals surface area contributed by atoms with E-state index in [-0.39, 0.29) is 12.5 Å². The fourth-order valence-electron chi connectivity index (χ4n) is 3.17. The molecule has 1 amide bonds. The Balaban J connectivity index is 1.55. The highest BCUT2D eigenvalue weighted by molar-refractivity contribution is 5.92. The van der Waals surface area contributed by atoms with Gasteiger partial charge in [0.2, 0.25) is 5.91 Å². The van der Waals surface area contributed by atoms with E-state index in [1.54, 1.807) is 14.2 Å². The van der Waals surface area contributed by atoms with Crippen LogP contribution in [0, 0.1) is 0 Å². The Morgan fingerprint density at radius 1 is 0.862 bits per heavy atom. The SMILES string of the molecule is COc1ccc(CN(C)CC(=O)Nc2ccc(-c3ccccc3)cc2)cc1OC. The first-order valence-electron chi connectivity index (χ1n) is 9.44. The van der Waals surface area contributed by atoms with E-state index in [9.17, 15) is 4.79 Å². The predicted molar refractivity (Wildman–Crippen MR) is 116 cm³/mol. The highest BCUT2D eigenvalue weighted by Gasteiger charge is 2.10. The van der Waals surface area contributed by atoms with Crippen LogP contribution in [0.3, 0.4) is 0 Å². The molecule has 1 N–H and O–H groups in total. The van der Waals surface area contributed by atoms with Gasteiger partial charge in [-0.15, -0.1) is 0 Å². The van der Waals surface area contributed by atoms with Crippen LogP contribution in [-0.4, -0.2) is 38.6 Å². The highest BCUT2D eigenvalue weighted by atomic mass is 16.5. The normalized spacial score (nSPS) is 10.6. The smallest absolute Gasteiger partial charge is 0.238 e. The van der Waals surface area contributed by atoms with Gasteiger partial charge in [0.05, 0.1) is 20.8 Å². The fraction of sp³-hybridized carbons (Fsp3) is 0.208. The monoisotopic (exact) mass is 390 g/mol. The summed E-state index contributed by atoms with van der Waals surface area (Å²) in [6, 6.07) is 23.8. The first-order chi connectivity index (χ1) is 14.1. The van der Waals surface area contributed by atoms with Gasteiger partial charge in [-0.1, -0.05) is 48.5 Å². The van der Waals surface area contributed by atoms with Crippen molar-refractivity contribution in [1.82, 2.24) is 4.90 Å². The fourth-order valence-corrected chi connectivity index (χ4v) is 3.17. The standard InChI is InChI=1S/C24H26N2O3/c1-26(16-18-9-14-22(28-2)23(15-18)29-3)17-24(27)25-21-12-10-20(11-13-21)19-7-5-4-6-8-19/h4-15H,16-17H2,1-3H3,(H,25,27). The second-order valence-corrected chi connectivity index (χ2v) is 6.85. The number of amides is 1. The molecular formula is C24H26N2O3. The third kappa shape index (κ3) is 5.59. The Morgan fingerprint density at radius 3 is 2.17 bits per heavy atom. The number of ether oxygens (including phenoxy) is 2. The lowest BCUT2D eigenvalue weighted by atomic mass is 10.1. The van der Waals surface area contributed by atoms with E-state index in [1.807, 2.05) is 72.6 Å². The summed E-state index contributed by atoms with van der Waals surface area (Å²) in [6.45, 7) is 0.912. The largest absolute Gasteiger partial charge is 0.493 e. The van der Waals surface area contributed by atoms with E-state index in [1.165, 1.54) is 0 Å². The molecule has 5 nitrogen and oxygen atoms in total. The van der Waals surface area contributed by atoms with Gasteiger partial charge in [-0.05, 0) is 48.0 Å². The van der Waals surface area contributed by atoms with Crippen LogP contribution in [0.2, 0.25) is 0 Å². The van der Waals surface area contributed by atoms with E-state index in [0.717, 1.165) is 22.4 Å². The van der Waals surface area contributed by atoms with Crippen molar-refractivity contribution in [2.24, 2.45) is 0 Å². The molecule has 0 radical (unpaired) electrons. The van der Waals surface area contributed by atoms with Crippen LogP contribution in [0.1, 0.15) is 5.56 Å². The molecule has 0 spiro atoms. The molecule has 0 aliphatic rings. The minimum atomic E-state index is -0.0552. The minimum Gasteiger partial charge on any atom is -0.493 e. The van der Waals surface area contributed by atoms with Crippen molar-refractivity contribution in [3.05, 3.63) is 78.4 Å². The number of carbonyl (C=O) groups is 1. The van der Waals surface area contributed by atoms with Gasteiger partial charge in [0, 0.05) is 12.2 Å². The molecule has 0 unspecified atom stereocenters. The van der Waals surface area contributed by atoms with Crippen LogP contribution < -0.4 is 14.8 Å². The second-order valence-electron chi connectivity index (χ2n) is 6.85. The summed E-state index contributed by atoms with van der Waals surface area (Å²) in [5, 5.41) is 2.95. The number of hydrogen-bond acceptors (Lipinski definition) is 4. The summed E-state index contributed by atoms with van der Waals surface area (Å²) < 4.78 is 10.6. The molecule has 0 aliphatic carbocycles. The summed E-state index contributed by atoms with van der Waals surface area (Å²) >= 11 is 0. The molecule has 0 bridgehead atoms. The molecule has 3 rings (SSSR count). The number of methoxy groups -OCH3 is 2. The number of likely N-dealkylation sites (N-methyl/N-ethyl adjacent to an activating group) is 1. The van der Waals surface area contributed by atoms with Crippen molar-refractivity contribution >= 4 is 11.6 Å². The minimum absolute atomic E-state index is 0.0552. The molecule has 29 heavy (non-hydrogen) atoms. The molecule has 3 aromatic rings. The molecule has 0 aromatic heterocycles. The van der Waals surface area contributed by atoms with Crippen LogP contribution in [-0.2, 0) is 11.3 Å². The third-order valence-corrected chi connectivity index (χ3v) is 4.59. The summed E-state index contributed by atoms with van der Waals surface area (Å²) in [5.74, 6) is 1.32. The molecule has 150 valence electrons. The van der Waals surface area contributed by atoms with Gasteiger partial charge in [0.25, 0.3) is 0 Å². The number of nitrogens with one attached hydrogen (secondary N) is 1. The molecule has 0 atom stereocenters. The summed E-state index contributed by atoms with van der Waals surface area (Å²) in [5.41, 5.74) is 4.11. The molecule has 0 heterocycles. The number of anilines is 1. The zero-order chi connectivity index (χ0) is 20.6. The molecule has 0 saturated heterocycles. The average Bonchev–Trinajstić information content (AvgIpc) is 2.74. The Hall–Kier alpha value is -3.31. The Labute approximate surface area is 171 Å². The highest BCUT2D eigenvalue weighted by Crippen LogP contribution is 2.28. The first kappa shape index (κ1) is 20.4. The van der Waals surface area contributed by atoms with Gasteiger partial charge < -0.3 is 14.8 Å². The molecule has 3 aromatic carbocycles. The quantitative estimate of drug-likeness (QED) is 0.618. The Morgan fingerprint density at radius 2 is 1.52 bits per heavy atom. The number of hydrogen-bond donors (Lipinski definition) is 1. The summed E-state index contributed by atoms with van der Waals surface area (Å²) in [4.78, 5) is 14.3. The van der Waals surface area contributed by atoms with Crippen LogP contribution in [0.5, 0.6) is 11.5 Å². The summed E-state index contributed by atoms with van der Waals surface area (Å²) in [6.07, 6.45) is 0. The van der Waals surface area contributed by atoms with Gasteiger partial charge >= 0.3 is 0 Å². The topological polar surface area (TPSA) is 50.8 Å². The zero-order valence-corrected chi connectivity index (χ0v) is 17.0. The van der Waals surface area contributed by atoms with Gasteiger partial charge in [-0.25, -0.2) is 0 Å². The van der Waals surface area contributed by atoms with E-state index >= 15 is 0 Å². The average molecular weight is 390 g/mol. The maximum absolute atomic E-state index is 12.4. The van der Waals surface area contributed by atoms with Gasteiger partial charge in [-0.3, -0.25) is 9.69 Å². The van der Waals surface area contributed by atoms with E-state index in [4.69, 9.17) is 9.47 Å². The van der Waals surface area contributed by atoms with Gasteiger partial charge in [-0.2, -0.15) is 0 Å². The van der Waals surface area contributed by atoms with Crippen molar-refractivity contribution in [2.45, 2.75) is 6.54 Å². The van der Waals surface area contributed by atoms with Crippen molar-refractivity contribution in [1.29, 1.82) is 0 Å². The van der Waals surface area contributed by atoms with Crippen molar-refractivity contribution in [2.75, 3.05) is 33.1 Å². The van der Waals surface area contributed by atoms with Crippen molar-refractivity contribution in [3.8, 4) is 22.6 Å². The number of nitrogens with zero attached hydrogens (tertiary/aromatic N) is 1. The van der Waals surface area contributed by atoms with Crippen LogP contribution >= 0.6 is 0 Å². The number of benzene rings is 3. The lowest BCUT2D eigenvalue weighted by molar-refractivity contribution is -0.117. The van der Waals surface area contributed by atoms with Crippen LogP contribution in [0.25, 0.3) is 11.1 Å². The lowest BCUT2D eigenvalue weighted by Gasteiger charge is -2.17. The maximum atomic E-state index is 12.4. The molecule has 0 aliphatic heterocycles. The maximum Gasteiger partial charge on any atom is 0.238 e. The zero-order valence-electron chi connectivity index (χ0n) is 17.0. The van der Waals surface area contributed by atoms with Crippen molar-refractivity contribution < 1.29 is 14.3 Å². The van der Waals surface area contributed by atoms with Crippen LogP contribution in [0.15, 0.2) is 72.8 Å². The second kappa shape index (κ2) is 9.75. The molecule has 5 heteroatoms. The summed E-state index contributed by atoms with van der Waals surface area (Å²) in [7, 11) is 5.14.